The Labute approximate surface area is 153 Å². The molecule has 0 aliphatic heterocycles. The van der Waals surface area contributed by atoms with Crippen molar-refractivity contribution in [3.8, 4) is 0 Å². The number of halogens is 1. The molecule has 0 atom stereocenters. The summed E-state index contributed by atoms with van der Waals surface area (Å²) in [4.78, 5) is 12.5. The van der Waals surface area contributed by atoms with E-state index in [4.69, 9.17) is 9.56 Å². The minimum absolute atomic E-state index is 0.213. The Morgan fingerprint density at radius 1 is 1.24 bits per heavy atom. The van der Waals surface area contributed by atoms with Gasteiger partial charge in [0.25, 0.3) is 5.91 Å². The number of hydrogen-bond donors (Lipinski definition) is 2. The Morgan fingerprint density at radius 2 is 2.00 bits per heavy atom. The zero-order valence-electron chi connectivity index (χ0n) is 13.2. The van der Waals surface area contributed by atoms with Crippen LogP contribution < -0.4 is 10.5 Å². The number of carbonyl (C=O) groups excluding carboxylic acids is 1. The molecule has 2 aromatic carbocycles. The molecule has 0 saturated heterocycles. The van der Waals surface area contributed by atoms with Crippen molar-refractivity contribution in [3.63, 3.8) is 0 Å². The number of rotatable bonds is 4. The maximum atomic E-state index is 12.5. The van der Waals surface area contributed by atoms with Crippen LogP contribution in [-0.4, -0.2) is 14.3 Å². The van der Waals surface area contributed by atoms with E-state index in [1.54, 1.807) is 30.3 Å². The highest BCUT2D eigenvalue weighted by Gasteiger charge is 2.18. The number of nitrogens with one attached hydrogen (secondary N) is 1. The van der Waals surface area contributed by atoms with Gasteiger partial charge < -0.3 is 9.73 Å². The molecular weight excluding hydrogens is 408 g/mol. The van der Waals surface area contributed by atoms with Gasteiger partial charge in [0.15, 0.2) is 5.76 Å². The van der Waals surface area contributed by atoms with E-state index in [1.807, 2.05) is 19.1 Å². The molecule has 1 amide bonds. The van der Waals surface area contributed by atoms with Gasteiger partial charge in [-0.3, -0.25) is 4.79 Å². The maximum absolute atomic E-state index is 12.5. The van der Waals surface area contributed by atoms with Gasteiger partial charge in [-0.05, 0) is 42.8 Å². The average Bonchev–Trinajstić information content (AvgIpc) is 2.83. The number of carbonyl (C=O) groups is 1. The van der Waals surface area contributed by atoms with Crippen LogP contribution in [0.15, 0.2) is 51.4 Å². The molecule has 3 N–H and O–H groups in total. The minimum atomic E-state index is -3.64. The average molecular weight is 423 g/mol. The van der Waals surface area contributed by atoms with Gasteiger partial charge in [-0.15, -0.1) is 0 Å². The van der Waals surface area contributed by atoms with Crippen LogP contribution in [0.3, 0.4) is 0 Å². The Bertz CT molecular complexity index is 1070. The Morgan fingerprint density at radius 3 is 2.72 bits per heavy atom. The summed E-state index contributed by atoms with van der Waals surface area (Å²) in [5, 5.41) is 8.62. The lowest BCUT2D eigenvalue weighted by Crippen LogP contribution is -2.15. The van der Waals surface area contributed by atoms with Crippen LogP contribution in [0.25, 0.3) is 11.0 Å². The van der Waals surface area contributed by atoms with Gasteiger partial charge in [0.1, 0.15) is 5.58 Å². The van der Waals surface area contributed by atoms with Crippen LogP contribution in [-0.2, 0) is 15.8 Å². The van der Waals surface area contributed by atoms with Gasteiger partial charge in [0.2, 0.25) is 10.0 Å². The highest BCUT2D eigenvalue weighted by atomic mass is 79.9. The molecule has 0 aliphatic carbocycles. The fraction of sp³-hybridized carbons (Fsp3) is 0.118. The number of sulfonamides is 1. The summed E-state index contributed by atoms with van der Waals surface area (Å²) in [6.07, 6.45) is 0. The van der Waals surface area contributed by atoms with Crippen molar-refractivity contribution >= 4 is 48.5 Å². The third-order valence-electron chi connectivity index (χ3n) is 3.66. The van der Waals surface area contributed by atoms with Crippen LogP contribution in [0.4, 0.5) is 5.69 Å². The first-order chi connectivity index (χ1) is 11.7. The standard InChI is InChI=1S/C17H15BrN2O4S/c1-10-14-8-12(18)5-6-15(14)24-16(10)17(21)20-13-4-2-3-11(7-13)9-25(19,22)23/h2-8H,9H2,1H3,(H,20,21)(H2,19,22,23). The van der Waals surface area contributed by atoms with E-state index in [-0.39, 0.29) is 11.5 Å². The number of hydrogen-bond acceptors (Lipinski definition) is 4. The van der Waals surface area contributed by atoms with Crippen LogP contribution in [0, 0.1) is 6.92 Å². The smallest absolute Gasteiger partial charge is 0.291 e. The van der Waals surface area contributed by atoms with Crippen molar-refractivity contribution < 1.29 is 17.6 Å². The number of fused-ring (bicyclic) bond motifs is 1. The molecule has 3 aromatic rings. The summed E-state index contributed by atoms with van der Waals surface area (Å²) in [5.74, 6) is -0.489. The lowest BCUT2D eigenvalue weighted by Gasteiger charge is -2.06. The van der Waals surface area contributed by atoms with E-state index >= 15 is 0 Å². The fourth-order valence-electron chi connectivity index (χ4n) is 2.57. The molecule has 0 spiro atoms. The quantitative estimate of drug-likeness (QED) is 0.670. The second-order valence-corrected chi connectivity index (χ2v) is 8.19. The Kier molecular flexibility index (Phi) is 4.68. The van der Waals surface area contributed by atoms with Crippen molar-refractivity contribution in [1.82, 2.24) is 0 Å². The van der Waals surface area contributed by atoms with Crippen molar-refractivity contribution in [3.05, 3.63) is 63.8 Å². The molecule has 25 heavy (non-hydrogen) atoms. The minimum Gasteiger partial charge on any atom is -0.451 e. The highest BCUT2D eigenvalue weighted by molar-refractivity contribution is 9.10. The number of primary sulfonamides is 1. The van der Waals surface area contributed by atoms with E-state index in [1.165, 1.54) is 0 Å². The van der Waals surface area contributed by atoms with Crippen molar-refractivity contribution in [2.75, 3.05) is 5.32 Å². The summed E-state index contributed by atoms with van der Waals surface area (Å²) in [5.41, 5.74) is 2.31. The first-order valence-corrected chi connectivity index (χ1v) is 9.83. The van der Waals surface area contributed by atoms with Crippen molar-refractivity contribution in [1.29, 1.82) is 0 Å². The maximum Gasteiger partial charge on any atom is 0.291 e. The van der Waals surface area contributed by atoms with E-state index in [9.17, 15) is 13.2 Å². The second kappa shape index (κ2) is 6.62. The van der Waals surface area contributed by atoms with Gasteiger partial charge in [0, 0.05) is 21.1 Å². The van der Waals surface area contributed by atoms with Crippen LogP contribution in [0.5, 0.6) is 0 Å². The summed E-state index contributed by atoms with van der Waals surface area (Å²) in [6.45, 7) is 1.81. The van der Waals surface area contributed by atoms with Gasteiger partial charge >= 0.3 is 0 Å². The summed E-state index contributed by atoms with van der Waals surface area (Å²) < 4.78 is 28.9. The van der Waals surface area contributed by atoms with Crippen molar-refractivity contribution in [2.45, 2.75) is 12.7 Å². The molecule has 6 nitrogen and oxygen atoms in total. The molecule has 0 radical (unpaired) electrons. The van der Waals surface area contributed by atoms with Gasteiger partial charge in [-0.25, -0.2) is 13.6 Å². The number of amides is 1. The van der Waals surface area contributed by atoms with E-state index in [0.29, 0.717) is 16.8 Å². The Hall–Kier alpha value is -2.16. The number of anilines is 1. The van der Waals surface area contributed by atoms with E-state index in [0.717, 1.165) is 15.4 Å². The molecule has 0 bridgehead atoms. The lowest BCUT2D eigenvalue weighted by atomic mass is 10.1. The molecule has 0 aliphatic rings. The predicted molar refractivity (Wildman–Crippen MR) is 99.9 cm³/mol. The Balaban J connectivity index is 1.88. The van der Waals surface area contributed by atoms with Crippen LogP contribution in [0.1, 0.15) is 21.7 Å². The van der Waals surface area contributed by atoms with Crippen molar-refractivity contribution in [2.24, 2.45) is 5.14 Å². The molecule has 0 unspecified atom stereocenters. The number of nitrogens with two attached hydrogens (primary N) is 1. The monoisotopic (exact) mass is 422 g/mol. The van der Waals surface area contributed by atoms with Gasteiger partial charge in [-0.2, -0.15) is 0 Å². The van der Waals surface area contributed by atoms with E-state index < -0.39 is 15.9 Å². The first-order valence-electron chi connectivity index (χ1n) is 7.32. The normalized spacial score (nSPS) is 11.6. The second-order valence-electron chi connectivity index (χ2n) is 5.66. The largest absolute Gasteiger partial charge is 0.451 e. The van der Waals surface area contributed by atoms with Crippen LogP contribution >= 0.6 is 15.9 Å². The first kappa shape index (κ1) is 17.7. The molecule has 1 aromatic heterocycles. The third kappa shape index (κ3) is 4.09. The molecule has 0 saturated carbocycles. The van der Waals surface area contributed by atoms with E-state index in [2.05, 4.69) is 21.2 Å². The predicted octanol–water partition coefficient (Wildman–Crippen LogP) is 3.54. The molecule has 0 fully saturated rings. The molecule has 130 valence electrons. The zero-order chi connectivity index (χ0) is 18.2. The molecule has 1 heterocycles. The third-order valence-corrected chi connectivity index (χ3v) is 4.89. The SMILES string of the molecule is Cc1c(C(=O)Nc2cccc(CS(N)(=O)=O)c2)oc2ccc(Br)cc12. The number of furan rings is 1. The van der Waals surface area contributed by atoms with Crippen LogP contribution in [0.2, 0.25) is 0 Å². The topological polar surface area (TPSA) is 102 Å². The van der Waals surface area contributed by atoms with Gasteiger partial charge in [-0.1, -0.05) is 28.1 Å². The molecule has 8 heteroatoms. The highest BCUT2D eigenvalue weighted by Crippen LogP contribution is 2.28. The zero-order valence-corrected chi connectivity index (χ0v) is 15.6. The summed E-state index contributed by atoms with van der Waals surface area (Å²) in [7, 11) is -3.64. The molecular formula is C17H15BrN2O4S. The number of benzene rings is 2. The fourth-order valence-corrected chi connectivity index (χ4v) is 3.57. The summed E-state index contributed by atoms with van der Waals surface area (Å²) in [6, 6.07) is 12.0. The lowest BCUT2D eigenvalue weighted by molar-refractivity contribution is 0.0998. The number of aryl methyl sites for hydroxylation is 1. The summed E-state index contributed by atoms with van der Waals surface area (Å²) >= 11 is 3.40. The molecule has 3 rings (SSSR count). The van der Waals surface area contributed by atoms with Gasteiger partial charge in [0.05, 0.1) is 5.75 Å².